The molecule has 0 N–H and O–H groups in total. The van der Waals surface area contributed by atoms with Crippen molar-refractivity contribution < 1.29 is 24.7 Å². The monoisotopic (exact) mass is 461 g/mol. The van der Waals surface area contributed by atoms with E-state index in [2.05, 4.69) is 80.9 Å². The van der Waals surface area contributed by atoms with E-state index in [0.717, 1.165) is 5.54 Å². The fourth-order valence-electron chi connectivity index (χ4n) is 5.39. The Morgan fingerprint density at radius 3 is 2.48 bits per heavy atom. The van der Waals surface area contributed by atoms with Crippen molar-refractivity contribution in [3.63, 3.8) is 0 Å². The number of benzene rings is 2. The molecule has 2 aliphatic carbocycles. The van der Waals surface area contributed by atoms with E-state index in [4.69, 9.17) is 0 Å². The van der Waals surface area contributed by atoms with Gasteiger partial charge in [0, 0.05) is 10.4 Å². The summed E-state index contributed by atoms with van der Waals surface area (Å²) in [7, 11) is -0.972. The number of thiophene rings is 1. The van der Waals surface area contributed by atoms with Gasteiger partial charge in [0.25, 0.3) is 0 Å². The van der Waals surface area contributed by atoms with E-state index in [1.807, 2.05) is 11.3 Å². The van der Waals surface area contributed by atoms with Crippen molar-refractivity contribution >= 4 is 41.5 Å². The van der Waals surface area contributed by atoms with Gasteiger partial charge in [-0.05, 0) is 29.1 Å². The fraction of sp³-hybridized carbons (Fsp3) is 0.250. The molecule has 27 heavy (non-hydrogen) atoms. The van der Waals surface area contributed by atoms with Crippen LogP contribution in [0.3, 0.4) is 0 Å². The summed E-state index contributed by atoms with van der Waals surface area (Å²) in [6.45, 7) is 9.58. The van der Waals surface area contributed by atoms with Crippen LogP contribution in [0.15, 0.2) is 59.0 Å². The molecule has 3 heteroatoms. The molecule has 1 aromatic heterocycles. The topological polar surface area (TPSA) is 0 Å². The Labute approximate surface area is 181 Å². The molecule has 0 spiro atoms. The Bertz CT molecular complexity index is 1150. The van der Waals surface area contributed by atoms with Crippen LogP contribution in [0.25, 0.3) is 22.0 Å². The molecule has 0 fully saturated rings. The first kappa shape index (κ1) is 18.0. The molecule has 2 aliphatic heterocycles. The molecule has 4 aliphatic rings. The van der Waals surface area contributed by atoms with Crippen LogP contribution in [0.5, 0.6) is 0 Å². The average Bonchev–Trinajstić information content (AvgIpc) is 3.33. The number of fused-ring (bicyclic) bond motifs is 3. The first-order chi connectivity index (χ1) is 12.9. The van der Waals surface area contributed by atoms with Crippen molar-refractivity contribution in [3.05, 3.63) is 80.6 Å². The predicted molar refractivity (Wildman–Crippen MR) is 117 cm³/mol. The number of allylic oxidation sites excluding steroid dienone is 2. The van der Waals surface area contributed by atoms with E-state index in [0.29, 0.717) is 3.63 Å². The van der Waals surface area contributed by atoms with Gasteiger partial charge in [0.15, 0.2) is 0 Å². The molecule has 2 bridgehead atoms. The summed E-state index contributed by atoms with van der Waals surface area (Å²) < 4.78 is 0.678. The zero-order valence-electron chi connectivity index (χ0n) is 16.3. The zero-order chi connectivity index (χ0) is 18.9. The molecule has 0 saturated carbocycles. The molecule has 3 aromatic rings. The summed E-state index contributed by atoms with van der Waals surface area (Å²) in [5.41, 5.74) is 8.71. The average molecular weight is 463 g/mol. The second-order valence-electron chi connectivity index (χ2n) is 8.53. The van der Waals surface area contributed by atoms with Crippen molar-refractivity contribution in [2.45, 2.75) is 36.1 Å². The van der Waals surface area contributed by atoms with Gasteiger partial charge >= 0.3 is 105 Å². The van der Waals surface area contributed by atoms with Gasteiger partial charge in [0.05, 0.1) is 8.07 Å². The third-order valence-electron chi connectivity index (χ3n) is 6.57. The van der Waals surface area contributed by atoms with Gasteiger partial charge in [-0.2, -0.15) is 0 Å². The standard InChI is InChI=1S/C14H11.C10H12SSi.Zr/c1-10-8-12-7-6-11-4-2-3-5-13(11)14(12)9-10;1-6-9-7-4-5-11-8(7)10(6)12(9,2)3;/h2-9H,1H3;4-5,9H,1-3H3;. The summed E-state index contributed by atoms with van der Waals surface area (Å²) in [5, 5.41) is 6.77. The summed E-state index contributed by atoms with van der Waals surface area (Å²) >= 11 is 3.54. The summed E-state index contributed by atoms with van der Waals surface area (Å²) in [5.74, 6) is 0. The molecular formula is C24H23SSiZr. The molecule has 2 aromatic carbocycles. The Morgan fingerprint density at radius 1 is 0.963 bits per heavy atom. The molecule has 0 nitrogen and oxygen atoms in total. The van der Waals surface area contributed by atoms with Crippen LogP contribution in [0, 0.1) is 0 Å². The Morgan fingerprint density at radius 2 is 1.74 bits per heavy atom. The second-order valence-corrected chi connectivity index (χ2v) is 15.4. The molecule has 0 saturated heterocycles. The van der Waals surface area contributed by atoms with Crippen LogP contribution >= 0.6 is 11.3 Å². The van der Waals surface area contributed by atoms with Gasteiger partial charge in [-0.3, -0.25) is 0 Å². The summed E-state index contributed by atoms with van der Waals surface area (Å²) in [6, 6.07) is 15.5. The maximum absolute atomic E-state index is 2.51. The molecule has 7 rings (SSSR count). The van der Waals surface area contributed by atoms with E-state index in [9.17, 15) is 0 Å². The second kappa shape index (κ2) is 6.24. The fourth-order valence-corrected chi connectivity index (χ4v) is 12.4. The Kier molecular flexibility index (Phi) is 4.17. The first-order valence-electron chi connectivity index (χ1n) is 9.61. The molecule has 2 atom stereocenters. The summed E-state index contributed by atoms with van der Waals surface area (Å²) in [4.78, 5) is 1.63. The third kappa shape index (κ3) is 2.48. The van der Waals surface area contributed by atoms with Gasteiger partial charge in [-0.25, -0.2) is 0 Å². The molecule has 2 unspecified atom stereocenters. The molecule has 133 valence electrons. The van der Waals surface area contributed by atoms with Crippen molar-refractivity contribution in [2.75, 3.05) is 0 Å². The van der Waals surface area contributed by atoms with Crippen LogP contribution in [-0.4, -0.2) is 8.07 Å². The van der Waals surface area contributed by atoms with E-state index in [1.165, 1.54) is 27.5 Å². The predicted octanol–water partition coefficient (Wildman–Crippen LogP) is 7.26. The Hall–Kier alpha value is -1.02. The van der Waals surface area contributed by atoms with Gasteiger partial charge in [-0.15, -0.1) is 11.3 Å². The van der Waals surface area contributed by atoms with Crippen LogP contribution in [-0.2, 0) is 24.7 Å². The van der Waals surface area contributed by atoms with Gasteiger partial charge in [-0.1, -0.05) is 18.7 Å². The van der Waals surface area contributed by atoms with Crippen LogP contribution in [0.1, 0.15) is 44.6 Å². The van der Waals surface area contributed by atoms with E-state index in [1.54, 1.807) is 45.9 Å². The van der Waals surface area contributed by atoms with Crippen LogP contribution in [0.4, 0.5) is 0 Å². The number of hydrogen-bond acceptors (Lipinski definition) is 1. The minimum absolute atomic E-state index is 0.678. The van der Waals surface area contributed by atoms with Crippen molar-refractivity contribution in [1.82, 2.24) is 0 Å². The van der Waals surface area contributed by atoms with Crippen LogP contribution < -0.4 is 0 Å². The number of hydrogen-bond donors (Lipinski definition) is 0. The quantitative estimate of drug-likeness (QED) is 0.308. The van der Waals surface area contributed by atoms with E-state index >= 15 is 0 Å². The third-order valence-corrected chi connectivity index (χ3v) is 13.7. The molecule has 0 radical (unpaired) electrons. The van der Waals surface area contributed by atoms with Crippen molar-refractivity contribution in [3.8, 4) is 0 Å². The number of rotatable bonds is 0. The van der Waals surface area contributed by atoms with Gasteiger partial charge in [0.1, 0.15) is 0 Å². The van der Waals surface area contributed by atoms with E-state index in [-0.39, 0.29) is 0 Å². The van der Waals surface area contributed by atoms with Gasteiger partial charge in [0.2, 0.25) is 0 Å². The molecule has 0 amide bonds. The van der Waals surface area contributed by atoms with Gasteiger partial charge < -0.3 is 0 Å². The van der Waals surface area contributed by atoms with Crippen LogP contribution in [0.2, 0.25) is 13.1 Å². The SMILES string of the molecule is CC1=C2c3sccc3C1[Si]2(C)C.CC1=Cc2c(ccc3ccccc23)[CH]1[Zr]. The zero-order valence-corrected chi connectivity index (χ0v) is 20.5. The van der Waals surface area contributed by atoms with Crippen molar-refractivity contribution in [1.29, 1.82) is 0 Å². The van der Waals surface area contributed by atoms with Crippen molar-refractivity contribution in [2.24, 2.45) is 0 Å². The minimum atomic E-state index is -0.972. The Balaban J connectivity index is 0.000000121. The molecular weight excluding hydrogens is 440 g/mol. The van der Waals surface area contributed by atoms with E-state index < -0.39 is 8.07 Å². The summed E-state index contributed by atoms with van der Waals surface area (Å²) in [6.07, 6.45) is 2.36. The normalized spacial score (nSPS) is 23.3. The first-order valence-corrected chi connectivity index (χ1v) is 15.0. The molecule has 3 heterocycles. The maximum atomic E-state index is 2.51.